The maximum Gasteiger partial charge on any atom is 0.472 e. The number of unbranched alkanes of at least 4 members (excludes halogenated alkanes) is 25. The first-order valence-corrected chi connectivity index (χ1v) is 31.1. The molecule has 426 valence electrons. The Morgan fingerprint density at radius 1 is 0.375 bits per heavy atom. The predicted octanol–water partition coefficient (Wildman–Crippen LogP) is 13.5. The van der Waals surface area contributed by atoms with Crippen molar-refractivity contribution in [1.29, 1.82) is 0 Å². The van der Waals surface area contributed by atoms with Crippen LogP contribution in [0.15, 0.2) is 0 Å². The zero-order valence-corrected chi connectivity index (χ0v) is 47.3. The summed E-state index contributed by atoms with van der Waals surface area (Å²) in [4.78, 5) is 71.1. The topological polar surface area (TPSA) is 237 Å². The molecule has 0 fully saturated rings. The average molecular weight is 1070 g/mol. The van der Waals surface area contributed by atoms with E-state index in [0.717, 1.165) is 103 Å². The summed E-state index contributed by atoms with van der Waals surface area (Å²) < 4.78 is 67.1. The van der Waals surface area contributed by atoms with E-state index in [1.54, 1.807) is 0 Å². The molecule has 0 amide bonds. The van der Waals surface area contributed by atoms with E-state index in [9.17, 15) is 43.2 Å². The molecule has 0 saturated carbocycles. The molecule has 0 spiro atoms. The summed E-state index contributed by atoms with van der Waals surface area (Å²) in [5.74, 6) is -1.49. The third-order valence-corrected chi connectivity index (χ3v) is 13.9. The molecule has 0 aromatic carbocycles. The Balaban J connectivity index is 5.14. The summed E-state index contributed by atoms with van der Waals surface area (Å²) >= 11 is 0. The molecule has 5 atom stereocenters. The molecule has 0 aromatic heterocycles. The molecule has 2 unspecified atom stereocenters. The van der Waals surface area contributed by atoms with Crippen LogP contribution in [0.4, 0.5) is 0 Å². The highest BCUT2D eigenvalue weighted by atomic mass is 31.2. The minimum Gasteiger partial charge on any atom is -0.462 e. The Morgan fingerprint density at radius 2 is 0.639 bits per heavy atom. The van der Waals surface area contributed by atoms with Gasteiger partial charge in [-0.2, -0.15) is 0 Å². The smallest absolute Gasteiger partial charge is 0.462 e. The second-order valence-corrected chi connectivity index (χ2v) is 22.6. The van der Waals surface area contributed by atoms with Crippen LogP contribution in [0.5, 0.6) is 0 Å². The van der Waals surface area contributed by atoms with Gasteiger partial charge in [0.05, 0.1) is 26.4 Å². The number of hydrogen-bond acceptors (Lipinski definition) is 15. The van der Waals surface area contributed by atoms with E-state index in [1.165, 1.54) is 64.2 Å². The molecular weight excluding hydrogens is 971 g/mol. The van der Waals surface area contributed by atoms with Gasteiger partial charge in [0.15, 0.2) is 12.2 Å². The molecule has 0 aliphatic rings. The fraction of sp³-hybridized carbons (Fsp3) is 0.925. The molecule has 72 heavy (non-hydrogen) atoms. The Bertz CT molecular complexity index is 1430. The summed E-state index contributed by atoms with van der Waals surface area (Å²) in [7, 11) is -9.84. The van der Waals surface area contributed by atoms with Crippen molar-refractivity contribution in [2.24, 2.45) is 5.92 Å². The molecule has 0 aliphatic carbocycles. The molecule has 0 aliphatic heterocycles. The zero-order chi connectivity index (χ0) is 53.6. The summed E-state index contributed by atoms with van der Waals surface area (Å²) in [6, 6.07) is 0. The third-order valence-electron chi connectivity index (χ3n) is 12.0. The van der Waals surface area contributed by atoms with Crippen LogP contribution in [0.2, 0.25) is 0 Å². The van der Waals surface area contributed by atoms with Crippen molar-refractivity contribution in [2.75, 3.05) is 39.6 Å². The first-order chi connectivity index (χ1) is 34.5. The lowest BCUT2D eigenvalue weighted by molar-refractivity contribution is -0.161. The zero-order valence-electron chi connectivity index (χ0n) is 45.5. The molecule has 0 rings (SSSR count). The van der Waals surface area contributed by atoms with E-state index in [0.29, 0.717) is 31.6 Å². The third kappa shape index (κ3) is 47.8. The van der Waals surface area contributed by atoms with Crippen molar-refractivity contribution >= 4 is 39.5 Å². The van der Waals surface area contributed by atoms with E-state index in [1.807, 2.05) is 0 Å². The van der Waals surface area contributed by atoms with Crippen LogP contribution in [-0.2, 0) is 65.4 Å². The van der Waals surface area contributed by atoms with E-state index < -0.39 is 97.5 Å². The van der Waals surface area contributed by atoms with E-state index in [2.05, 4.69) is 34.6 Å². The average Bonchev–Trinajstić information content (AvgIpc) is 3.34. The van der Waals surface area contributed by atoms with E-state index >= 15 is 0 Å². The monoisotopic (exact) mass is 1070 g/mol. The Morgan fingerprint density at radius 3 is 0.944 bits per heavy atom. The van der Waals surface area contributed by atoms with Crippen LogP contribution in [-0.4, -0.2) is 96.7 Å². The Hall–Kier alpha value is -1.94. The van der Waals surface area contributed by atoms with Gasteiger partial charge in [0.25, 0.3) is 0 Å². The van der Waals surface area contributed by atoms with Crippen molar-refractivity contribution in [3.63, 3.8) is 0 Å². The molecule has 0 heterocycles. The molecule has 0 saturated heterocycles. The molecular formula is C53H102O17P2. The fourth-order valence-electron chi connectivity index (χ4n) is 7.64. The molecule has 0 bridgehead atoms. The first kappa shape index (κ1) is 70.1. The molecule has 0 radical (unpaired) electrons. The Labute approximate surface area is 435 Å². The standard InChI is InChI=1S/C53H102O17P2/c1-6-9-12-15-16-17-18-19-20-21-22-29-34-39-53(58)70-49(43-64-51(56)37-32-28-24-23-27-30-35-46(4)5)45-68-72(61,62)66-41-47(54)40-65-71(59,60)67-44-48(69-52(57)38-33-26-14-11-8-3)42-63-50(55)36-31-25-13-10-7-2/h46-49,54H,6-45H2,1-5H3,(H,59,60)(H,61,62)/t47-,48+,49+/m0/s1. The number of carbonyl (C=O) groups excluding carboxylic acids is 4. The SMILES string of the molecule is CCCCCCCCCCCCCCCC(=O)O[C@H](COC(=O)CCCCCCCCC(C)C)COP(=O)(O)OC[C@@H](O)COP(=O)(O)OC[C@@H](COC(=O)CCCCCCC)OC(=O)CCCCCCC. The van der Waals surface area contributed by atoms with Gasteiger partial charge in [-0.1, -0.05) is 202 Å². The van der Waals surface area contributed by atoms with Gasteiger partial charge in [0, 0.05) is 25.7 Å². The maximum absolute atomic E-state index is 12.9. The van der Waals surface area contributed by atoms with Crippen molar-refractivity contribution in [3.8, 4) is 0 Å². The lowest BCUT2D eigenvalue weighted by Crippen LogP contribution is -2.30. The summed E-state index contributed by atoms with van der Waals surface area (Å²) in [5.41, 5.74) is 0. The molecule has 19 heteroatoms. The molecule has 17 nitrogen and oxygen atoms in total. The number of ether oxygens (including phenoxy) is 4. The number of aliphatic hydroxyl groups is 1. The Kier molecular flexibility index (Phi) is 46.2. The van der Waals surface area contributed by atoms with Crippen LogP contribution in [0.3, 0.4) is 0 Å². The van der Waals surface area contributed by atoms with Gasteiger partial charge in [-0.15, -0.1) is 0 Å². The minimum atomic E-state index is -4.93. The second-order valence-electron chi connectivity index (χ2n) is 19.7. The number of aliphatic hydroxyl groups excluding tert-OH is 1. The highest BCUT2D eigenvalue weighted by Crippen LogP contribution is 2.45. The quantitative estimate of drug-likeness (QED) is 0.0222. The number of hydrogen-bond donors (Lipinski definition) is 3. The lowest BCUT2D eigenvalue weighted by atomic mass is 10.0. The van der Waals surface area contributed by atoms with Gasteiger partial charge in [0.2, 0.25) is 0 Å². The highest BCUT2D eigenvalue weighted by molar-refractivity contribution is 7.47. The van der Waals surface area contributed by atoms with Gasteiger partial charge >= 0.3 is 39.5 Å². The van der Waals surface area contributed by atoms with Crippen LogP contribution in [0.1, 0.15) is 253 Å². The van der Waals surface area contributed by atoms with Crippen molar-refractivity contribution in [3.05, 3.63) is 0 Å². The van der Waals surface area contributed by atoms with Gasteiger partial charge in [-0.25, -0.2) is 9.13 Å². The number of rotatable bonds is 53. The highest BCUT2D eigenvalue weighted by Gasteiger charge is 2.30. The van der Waals surface area contributed by atoms with Gasteiger partial charge in [-0.05, 0) is 31.6 Å². The van der Waals surface area contributed by atoms with Crippen LogP contribution < -0.4 is 0 Å². The number of carbonyl (C=O) groups is 4. The fourth-order valence-corrected chi connectivity index (χ4v) is 9.22. The number of esters is 4. The van der Waals surface area contributed by atoms with E-state index in [4.69, 9.17) is 37.0 Å². The molecule has 0 aromatic rings. The van der Waals surface area contributed by atoms with Gasteiger partial charge < -0.3 is 33.8 Å². The maximum atomic E-state index is 12.9. The normalized spacial score (nSPS) is 14.6. The summed E-state index contributed by atoms with van der Waals surface area (Å²) in [6.07, 6.45) is 27.5. The minimum absolute atomic E-state index is 0.0985. The first-order valence-electron chi connectivity index (χ1n) is 28.1. The number of phosphoric ester groups is 2. The summed E-state index contributed by atoms with van der Waals surface area (Å²) in [6.45, 7) is 6.84. The summed E-state index contributed by atoms with van der Waals surface area (Å²) in [5, 5.41) is 10.4. The van der Waals surface area contributed by atoms with Crippen molar-refractivity contribution < 1.29 is 80.2 Å². The lowest BCUT2D eigenvalue weighted by Gasteiger charge is -2.21. The second kappa shape index (κ2) is 47.5. The number of phosphoric acid groups is 2. The van der Waals surface area contributed by atoms with Gasteiger partial charge in [-0.3, -0.25) is 37.3 Å². The van der Waals surface area contributed by atoms with Crippen molar-refractivity contribution in [2.45, 2.75) is 271 Å². The van der Waals surface area contributed by atoms with Crippen LogP contribution >= 0.6 is 15.6 Å². The van der Waals surface area contributed by atoms with Crippen LogP contribution in [0.25, 0.3) is 0 Å². The van der Waals surface area contributed by atoms with Crippen molar-refractivity contribution in [1.82, 2.24) is 0 Å². The predicted molar refractivity (Wildman–Crippen MR) is 280 cm³/mol. The molecule has 3 N–H and O–H groups in total. The van der Waals surface area contributed by atoms with E-state index in [-0.39, 0.29) is 25.7 Å². The van der Waals surface area contributed by atoms with Gasteiger partial charge in [0.1, 0.15) is 19.3 Å². The largest absolute Gasteiger partial charge is 0.472 e. The van der Waals surface area contributed by atoms with Crippen LogP contribution in [0, 0.1) is 5.92 Å².